The van der Waals surface area contributed by atoms with Gasteiger partial charge in [0.05, 0.1) is 30.7 Å². The van der Waals surface area contributed by atoms with E-state index in [1.165, 1.54) is 17.8 Å². The molecule has 7 heteroatoms. The lowest BCUT2D eigenvalue weighted by Crippen LogP contribution is -2.36. The van der Waals surface area contributed by atoms with Gasteiger partial charge < -0.3 is 9.64 Å². The molecule has 0 unspecified atom stereocenters. The van der Waals surface area contributed by atoms with Crippen LogP contribution < -0.4 is 10.5 Å². The van der Waals surface area contributed by atoms with Crippen LogP contribution in [0, 0.1) is 5.82 Å². The Labute approximate surface area is 195 Å². The topological polar surface area (TPSA) is 47.4 Å². The number of aromatic nitrogens is 2. The highest BCUT2D eigenvalue weighted by atomic mass is 32.2. The number of anilines is 1. The summed E-state index contributed by atoms with van der Waals surface area (Å²) in [6, 6.07) is 22.4. The summed E-state index contributed by atoms with van der Waals surface area (Å²) in [5.74, 6) is 0.142. The van der Waals surface area contributed by atoms with E-state index in [2.05, 4.69) is 4.90 Å². The van der Waals surface area contributed by atoms with Crippen LogP contribution in [0.25, 0.3) is 10.9 Å². The van der Waals surface area contributed by atoms with Crippen molar-refractivity contribution < 1.29 is 9.13 Å². The summed E-state index contributed by atoms with van der Waals surface area (Å²) in [5.41, 5.74) is 3.17. The first-order chi connectivity index (χ1) is 16.2. The van der Waals surface area contributed by atoms with Gasteiger partial charge in [0.2, 0.25) is 0 Å². The highest BCUT2D eigenvalue weighted by Gasteiger charge is 2.16. The lowest BCUT2D eigenvalue weighted by molar-refractivity contribution is 0.122. The predicted octanol–water partition coefficient (Wildman–Crippen LogP) is 4.71. The van der Waals surface area contributed by atoms with Crippen molar-refractivity contribution in [1.29, 1.82) is 0 Å². The number of fused-ring (bicyclic) bond motifs is 1. The van der Waals surface area contributed by atoms with Crippen molar-refractivity contribution in [3.8, 4) is 0 Å². The molecule has 0 atom stereocenters. The van der Waals surface area contributed by atoms with Crippen molar-refractivity contribution in [3.63, 3.8) is 0 Å². The molecule has 0 amide bonds. The molecule has 1 fully saturated rings. The molecular formula is C26H24FN3O2S. The van der Waals surface area contributed by atoms with Crippen LogP contribution in [0.2, 0.25) is 0 Å². The van der Waals surface area contributed by atoms with Gasteiger partial charge in [-0.3, -0.25) is 9.36 Å². The molecule has 1 aliphatic heterocycles. The first kappa shape index (κ1) is 21.7. The SMILES string of the molecule is O=c1c2cc(N3CCOCC3)ccc2nc(SCc2ccccc2F)n1Cc1ccccc1. The largest absolute Gasteiger partial charge is 0.378 e. The zero-order valence-electron chi connectivity index (χ0n) is 18.1. The number of nitrogens with zero attached hydrogens (tertiary/aromatic N) is 3. The molecule has 0 saturated carbocycles. The molecule has 0 bridgehead atoms. The van der Waals surface area contributed by atoms with Gasteiger partial charge >= 0.3 is 0 Å². The van der Waals surface area contributed by atoms with Gasteiger partial charge in [0.15, 0.2) is 5.16 Å². The van der Waals surface area contributed by atoms with Crippen molar-refractivity contribution in [2.45, 2.75) is 17.5 Å². The molecule has 1 aromatic heterocycles. The van der Waals surface area contributed by atoms with E-state index in [-0.39, 0.29) is 11.4 Å². The molecule has 33 heavy (non-hydrogen) atoms. The third-order valence-corrected chi connectivity index (χ3v) is 6.80. The van der Waals surface area contributed by atoms with Crippen LogP contribution in [-0.4, -0.2) is 35.9 Å². The minimum Gasteiger partial charge on any atom is -0.378 e. The van der Waals surface area contributed by atoms with Gasteiger partial charge in [-0.05, 0) is 35.4 Å². The van der Waals surface area contributed by atoms with Gasteiger partial charge in [0.1, 0.15) is 5.82 Å². The number of hydrogen-bond donors (Lipinski definition) is 0. The second-order valence-corrected chi connectivity index (χ2v) is 8.89. The van der Waals surface area contributed by atoms with Gasteiger partial charge in [-0.1, -0.05) is 60.3 Å². The number of thioether (sulfide) groups is 1. The van der Waals surface area contributed by atoms with Crippen molar-refractivity contribution in [2.24, 2.45) is 0 Å². The normalized spacial score (nSPS) is 14.0. The molecule has 0 radical (unpaired) electrons. The summed E-state index contributed by atoms with van der Waals surface area (Å²) >= 11 is 1.38. The van der Waals surface area contributed by atoms with Crippen LogP contribution in [0.4, 0.5) is 10.1 Å². The summed E-state index contributed by atoms with van der Waals surface area (Å²) in [6.07, 6.45) is 0. The maximum absolute atomic E-state index is 14.2. The van der Waals surface area contributed by atoms with Crippen molar-refractivity contribution in [2.75, 3.05) is 31.2 Å². The molecule has 168 valence electrons. The number of benzene rings is 3. The van der Waals surface area contributed by atoms with Crippen LogP contribution in [0.3, 0.4) is 0 Å². The standard InChI is InChI=1S/C26H24FN3O2S/c27-23-9-5-4-8-20(23)18-33-26-28-24-11-10-21(29-12-14-32-15-13-29)16-22(24)25(31)30(26)17-19-6-2-1-3-7-19/h1-11,16H,12-15,17-18H2. The summed E-state index contributed by atoms with van der Waals surface area (Å²) in [6.45, 7) is 3.37. The Balaban J connectivity index is 1.55. The average molecular weight is 462 g/mol. The monoisotopic (exact) mass is 461 g/mol. The third-order valence-electron chi connectivity index (χ3n) is 5.78. The molecule has 0 N–H and O–H groups in total. The van der Waals surface area contributed by atoms with E-state index in [4.69, 9.17) is 9.72 Å². The van der Waals surface area contributed by atoms with Crippen LogP contribution in [0.5, 0.6) is 0 Å². The minimum atomic E-state index is -0.252. The second kappa shape index (κ2) is 9.77. The van der Waals surface area contributed by atoms with E-state index >= 15 is 0 Å². The van der Waals surface area contributed by atoms with Gasteiger partial charge in [-0.25, -0.2) is 9.37 Å². The number of hydrogen-bond acceptors (Lipinski definition) is 5. The molecule has 5 nitrogen and oxygen atoms in total. The average Bonchev–Trinajstić information content (AvgIpc) is 2.86. The zero-order valence-corrected chi connectivity index (χ0v) is 18.9. The van der Waals surface area contributed by atoms with Crippen LogP contribution in [-0.2, 0) is 17.0 Å². The maximum atomic E-state index is 14.2. The first-order valence-corrected chi connectivity index (χ1v) is 11.9. The molecule has 0 aliphatic carbocycles. The zero-order chi connectivity index (χ0) is 22.6. The van der Waals surface area contributed by atoms with Crippen molar-refractivity contribution in [3.05, 3.63) is 100 Å². The van der Waals surface area contributed by atoms with E-state index in [1.54, 1.807) is 16.7 Å². The van der Waals surface area contributed by atoms with Crippen molar-refractivity contribution >= 4 is 28.4 Å². The predicted molar refractivity (Wildman–Crippen MR) is 131 cm³/mol. The van der Waals surface area contributed by atoms with Gasteiger partial charge in [-0.15, -0.1) is 0 Å². The van der Waals surface area contributed by atoms with E-state index < -0.39 is 0 Å². The van der Waals surface area contributed by atoms with E-state index in [0.29, 0.717) is 47.1 Å². The number of rotatable bonds is 6. The van der Waals surface area contributed by atoms with E-state index in [1.807, 2.05) is 54.6 Å². The molecular weight excluding hydrogens is 437 g/mol. The van der Waals surface area contributed by atoms with Crippen LogP contribution in [0.1, 0.15) is 11.1 Å². The van der Waals surface area contributed by atoms with Crippen LogP contribution >= 0.6 is 11.8 Å². The summed E-state index contributed by atoms with van der Waals surface area (Å²) in [5, 5.41) is 1.17. The maximum Gasteiger partial charge on any atom is 0.262 e. The van der Waals surface area contributed by atoms with Gasteiger partial charge in [-0.2, -0.15) is 0 Å². The molecule has 5 rings (SSSR count). The quantitative estimate of drug-likeness (QED) is 0.307. The first-order valence-electron chi connectivity index (χ1n) is 11.0. The molecule has 4 aromatic rings. The molecule has 0 spiro atoms. The summed E-state index contributed by atoms with van der Waals surface area (Å²) in [4.78, 5) is 20.7. The number of halogens is 1. The Bertz CT molecular complexity index is 1320. The lowest BCUT2D eigenvalue weighted by Gasteiger charge is -2.29. The Morgan fingerprint density at radius 1 is 0.970 bits per heavy atom. The Kier molecular flexibility index (Phi) is 6.41. The smallest absolute Gasteiger partial charge is 0.262 e. The van der Waals surface area contributed by atoms with E-state index in [9.17, 15) is 9.18 Å². The van der Waals surface area contributed by atoms with Crippen LogP contribution in [0.15, 0.2) is 82.7 Å². The summed E-state index contributed by atoms with van der Waals surface area (Å²) in [7, 11) is 0. The Hall–Kier alpha value is -3.16. The highest BCUT2D eigenvalue weighted by Crippen LogP contribution is 2.26. The fraction of sp³-hybridized carbons (Fsp3) is 0.231. The lowest BCUT2D eigenvalue weighted by atomic mass is 10.2. The fourth-order valence-electron chi connectivity index (χ4n) is 3.98. The van der Waals surface area contributed by atoms with Crippen molar-refractivity contribution in [1.82, 2.24) is 9.55 Å². The molecule has 1 saturated heterocycles. The number of morpholine rings is 1. The molecule has 2 heterocycles. The highest BCUT2D eigenvalue weighted by molar-refractivity contribution is 7.98. The Morgan fingerprint density at radius 2 is 1.73 bits per heavy atom. The van der Waals surface area contributed by atoms with Gasteiger partial charge in [0, 0.05) is 24.5 Å². The fourth-order valence-corrected chi connectivity index (χ4v) is 4.97. The molecule has 3 aromatic carbocycles. The van der Waals surface area contributed by atoms with Gasteiger partial charge in [0.25, 0.3) is 5.56 Å². The number of ether oxygens (including phenoxy) is 1. The second-order valence-electron chi connectivity index (χ2n) is 7.95. The molecule has 1 aliphatic rings. The minimum absolute atomic E-state index is 0.0880. The third kappa shape index (κ3) is 4.79. The summed E-state index contributed by atoms with van der Waals surface area (Å²) < 4.78 is 21.3. The van der Waals surface area contributed by atoms with E-state index in [0.717, 1.165) is 24.3 Å². The Morgan fingerprint density at radius 3 is 2.52 bits per heavy atom.